The zero-order chi connectivity index (χ0) is 18.6. The van der Waals surface area contributed by atoms with Gasteiger partial charge >= 0.3 is 5.97 Å². The highest BCUT2D eigenvalue weighted by Gasteiger charge is 2.35. The molecule has 5 nitrogen and oxygen atoms in total. The van der Waals surface area contributed by atoms with Crippen LogP contribution in [0.4, 0.5) is 0 Å². The monoisotopic (exact) mass is 385 g/mol. The van der Waals surface area contributed by atoms with Crippen LogP contribution in [0.25, 0.3) is 0 Å². The van der Waals surface area contributed by atoms with Crippen LogP contribution in [-0.2, 0) is 19.1 Å². The molecule has 0 unspecified atom stereocenters. The highest BCUT2D eigenvalue weighted by atomic mass is 35.5. The standard InChI is InChI=1S/C18H21Cl2NO4/c1-10(2)24-7-8-25-18(23)16-11(3)21-15(22)9-12(16)17-13(19)5-4-6-14(17)20/h4-6,10,12H,7-9H2,1-3H3,(H,21,22)/t12-/m1/s1. The van der Waals surface area contributed by atoms with Crippen LogP contribution in [0.15, 0.2) is 29.5 Å². The maximum absolute atomic E-state index is 12.6. The molecule has 0 aliphatic carbocycles. The summed E-state index contributed by atoms with van der Waals surface area (Å²) in [5, 5.41) is 3.50. The fraction of sp³-hybridized carbons (Fsp3) is 0.444. The highest BCUT2D eigenvalue weighted by molar-refractivity contribution is 6.36. The topological polar surface area (TPSA) is 64.6 Å². The summed E-state index contributed by atoms with van der Waals surface area (Å²) in [4.78, 5) is 24.6. The molecular formula is C18H21Cl2NO4. The Kier molecular flexibility index (Phi) is 6.87. The first kappa shape index (κ1) is 19.8. The van der Waals surface area contributed by atoms with Gasteiger partial charge in [-0.15, -0.1) is 0 Å². The third-order valence-electron chi connectivity index (χ3n) is 3.80. The summed E-state index contributed by atoms with van der Waals surface area (Å²) in [6.45, 7) is 5.90. The molecule has 25 heavy (non-hydrogen) atoms. The molecule has 1 aromatic carbocycles. The van der Waals surface area contributed by atoms with E-state index in [9.17, 15) is 9.59 Å². The van der Waals surface area contributed by atoms with Crippen molar-refractivity contribution in [3.63, 3.8) is 0 Å². The van der Waals surface area contributed by atoms with Crippen LogP contribution in [0.3, 0.4) is 0 Å². The van der Waals surface area contributed by atoms with E-state index in [1.54, 1.807) is 25.1 Å². The van der Waals surface area contributed by atoms with Gasteiger partial charge in [-0.1, -0.05) is 29.3 Å². The smallest absolute Gasteiger partial charge is 0.336 e. The molecule has 1 aliphatic rings. The van der Waals surface area contributed by atoms with Crippen LogP contribution in [0, 0.1) is 0 Å². The Hall–Kier alpha value is -1.56. The molecule has 2 rings (SSSR count). The molecule has 1 aliphatic heterocycles. The van der Waals surface area contributed by atoms with E-state index in [1.807, 2.05) is 13.8 Å². The molecule has 1 aromatic rings. The Bertz CT molecular complexity index is 680. The summed E-state index contributed by atoms with van der Waals surface area (Å²) in [5.41, 5.74) is 1.37. The summed E-state index contributed by atoms with van der Waals surface area (Å²) in [5.74, 6) is -1.25. The lowest BCUT2D eigenvalue weighted by Gasteiger charge is -2.27. The summed E-state index contributed by atoms with van der Waals surface area (Å²) in [7, 11) is 0. The van der Waals surface area contributed by atoms with Crippen molar-refractivity contribution in [2.75, 3.05) is 13.2 Å². The van der Waals surface area contributed by atoms with E-state index in [2.05, 4.69) is 5.32 Å². The highest BCUT2D eigenvalue weighted by Crippen LogP contribution is 2.40. The minimum atomic E-state index is -0.548. The molecule has 136 valence electrons. The van der Waals surface area contributed by atoms with E-state index >= 15 is 0 Å². The number of allylic oxidation sites excluding steroid dienone is 1. The lowest BCUT2D eigenvalue weighted by Crippen LogP contribution is -2.34. The van der Waals surface area contributed by atoms with Crippen molar-refractivity contribution < 1.29 is 19.1 Å². The summed E-state index contributed by atoms with van der Waals surface area (Å²) < 4.78 is 10.7. The fourth-order valence-electron chi connectivity index (χ4n) is 2.76. The molecule has 1 N–H and O–H groups in total. The molecule has 0 fully saturated rings. The van der Waals surface area contributed by atoms with Gasteiger partial charge in [0.15, 0.2) is 0 Å². The van der Waals surface area contributed by atoms with Crippen LogP contribution in [-0.4, -0.2) is 31.2 Å². The van der Waals surface area contributed by atoms with Crippen molar-refractivity contribution in [1.82, 2.24) is 5.32 Å². The molecule has 0 bridgehead atoms. The van der Waals surface area contributed by atoms with Crippen molar-refractivity contribution >= 4 is 35.1 Å². The normalized spacial score (nSPS) is 17.7. The molecule has 7 heteroatoms. The molecule has 0 spiro atoms. The SMILES string of the molecule is CC1=C(C(=O)OCCOC(C)C)[C@H](c2c(Cl)cccc2Cl)CC(=O)N1. The molecule has 1 amide bonds. The number of nitrogens with one attached hydrogen (secondary N) is 1. The first-order chi connectivity index (χ1) is 11.8. The lowest BCUT2D eigenvalue weighted by molar-refractivity contribution is -0.141. The molecule has 1 atom stereocenters. The number of halogens is 2. The van der Waals surface area contributed by atoms with Crippen molar-refractivity contribution in [2.45, 2.75) is 39.2 Å². The molecule has 0 radical (unpaired) electrons. The number of amides is 1. The van der Waals surface area contributed by atoms with Gasteiger partial charge in [-0.25, -0.2) is 4.79 Å². The predicted octanol–water partition coefficient (Wildman–Crippen LogP) is 3.84. The van der Waals surface area contributed by atoms with E-state index in [4.69, 9.17) is 32.7 Å². The van der Waals surface area contributed by atoms with E-state index in [0.717, 1.165) is 0 Å². The Morgan fingerprint density at radius 2 is 1.92 bits per heavy atom. The predicted molar refractivity (Wildman–Crippen MR) is 96.7 cm³/mol. The van der Waals surface area contributed by atoms with Gasteiger partial charge in [0.1, 0.15) is 6.61 Å². The molecular weight excluding hydrogens is 365 g/mol. The fourth-order valence-corrected chi connectivity index (χ4v) is 3.42. The number of hydrogen-bond donors (Lipinski definition) is 1. The van der Waals surface area contributed by atoms with Gasteiger partial charge in [0.2, 0.25) is 5.91 Å². The van der Waals surface area contributed by atoms with Gasteiger partial charge in [0, 0.05) is 28.1 Å². The van der Waals surface area contributed by atoms with Gasteiger partial charge in [0.05, 0.1) is 18.3 Å². The van der Waals surface area contributed by atoms with Crippen LogP contribution in [0.5, 0.6) is 0 Å². The zero-order valence-corrected chi connectivity index (χ0v) is 15.9. The van der Waals surface area contributed by atoms with Gasteiger partial charge in [0.25, 0.3) is 0 Å². The molecule has 0 saturated heterocycles. The van der Waals surface area contributed by atoms with Crippen molar-refractivity contribution in [2.24, 2.45) is 0 Å². The summed E-state index contributed by atoms with van der Waals surface area (Å²) >= 11 is 12.6. The van der Waals surface area contributed by atoms with Gasteiger partial charge in [-0.05, 0) is 38.5 Å². The van der Waals surface area contributed by atoms with Crippen LogP contribution >= 0.6 is 23.2 Å². The zero-order valence-electron chi connectivity index (χ0n) is 14.4. The van der Waals surface area contributed by atoms with Crippen molar-refractivity contribution in [1.29, 1.82) is 0 Å². The van der Waals surface area contributed by atoms with E-state index < -0.39 is 11.9 Å². The van der Waals surface area contributed by atoms with Crippen molar-refractivity contribution in [3.8, 4) is 0 Å². The average Bonchev–Trinajstić information content (AvgIpc) is 2.50. The van der Waals surface area contributed by atoms with E-state index in [1.165, 1.54) is 0 Å². The Labute approximate surface area is 157 Å². The number of esters is 1. The minimum absolute atomic E-state index is 0.0586. The molecule has 0 saturated carbocycles. The van der Waals surface area contributed by atoms with E-state index in [-0.39, 0.29) is 25.0 Å². The van der Waals surface area contributed by atoms with Crippen LogP contribution < -0.4 is 5.32 Å². The summed E-state index contributed by atoms with van der Waals surface area (Å²) in [6, 6.07) is 5.09. The minimum Gasteiger partial charge on any atom is -0.460 e. The third kappa shape index (κ3) is 4.97. The number of carbonyl (C=O) groups excluding carboxylic acids is 2. The first-order valence-corrected chi connectivity index (χ1v) is 8.80. The average molecular weight is 386 g/mol. The Morgan fingerprint density at radius 1 is 1.28 bits per heavy atom. The van der Waals surface area contributed by atoms with Crippen LogP contribution in [0.1, 0.15) is 38.7 Å². The number of rotatable bonds is 6. The van der Waals surface area contributed by atoms with Crippen molar-refractivity contribution in [3.05, 3.63) is 45.1 Å². The third-order valence-corrected chi connectivity index (χ3v) is 4.46. The maximum atomic E-state index is 12.6. The van der Waals surface area contributed by atoms with Gasteiger partial charge in [-0.3, -0.25) is 4.79 Å². The number of ether oxygens (including phenoxy) is 2. The lowest BCUT2D eigenvalue weighted by atomic mass is 9.84. The number of carbonyl (C=O) groups is 2. The van der Waals surface area contributed by atoms with Gasteiger partial charge < -0.3 is 14.8 Å². The molecule has 0 aromatic heterocycles. The quantitative estimate of drug-likeness (QED) is 0.596. The first-order valence-electron chi connectivity index (χ1n) is 8.04. The largest absolute Gasteiger partial charge is 0.460 e. The van der Waals surface area contributed by atoms with Crippen LogP contribution in [0.2, 0.25) is 10.0 Å². The summed E-state index contributed by atoms with van der Waals surface area (Å²) in [6.07, 6.45) is 0.136. The second-order valence-electron chi connectivity index (χ2n) is 6.03. The Morgan fingerprint density at radius 3 is 2.52 bits per heavy atom. The van der Waals surface area contributed by atoms with E-state index in [0.29, 0.717) is 33.5 Å². The number of benzene rings is 1. The molecule has 1 heterocycles. The second-order valence-corrected chi connectivity index (χ2v) is 6.85. The number of hydrogen-bond acceptors (Lipinski definition) is 4. The Balaban J connectivity index is 2.27. The van der Waals surface area contributed by atoms with Gasteiger partial charge in [-0.2, -0.15) is 0 Å². The maximum Gasteiger partial charge on any atom is 0.336 e. The second kappa shape index (κ2) is 8.70.